The van der Waals surface area contributed by atoms with Gasteiger partial charge in [-0.05, 0) is 75.5 Å². The summed E-state index contributed by atoms with van der Waals surface area (Å²) in [7, 11) is 3.18. The first kappa shape index (κ1) is 32.1. The van der Waals surface area contributed by atoms with Crippen molar-refractivity contribution in [1.29, 1.82) is 0 Å². The number of fused-ring (bicyclic) bond motifs is 1. The topological polar surface area (TPSA) is 92.3 Å². The lowest BCUT2D eigenvalue weighted by molar-refractivity contribution is 0.0985. The van der Waals surface area contributed by atoms with Crippen LogP contribution >= 0.6 is 23.7 Å². The molecule has 210 valence electrons. The fourth-order valence-electron chi connectivity index (χ4n) is 3.68. The Hall–Kier alpha value is -2.12. The number of ether oxygens (including phenoxy) is 2. The third-order valence-electron chi connectivity index (χ3n) is 6.07. The van der Waals surface area contributed by atoms with E-state index in [4.69, 9.17) is 14.5 Å². The molecule has 0 aliphatic heterocycles. The number of aryl methyl sites for hydroxylation is 2. The number of nitrogens with zero attached hydrogens (tertiary/aromatic N) is 4. The molecular formula is C26H37ClN4O5S2. The van der Waals surface area contributed by atoms with Crippen LogP contribution in [-0.2, 0) is 19.5 Å². The summed E-state index contributed by atoms with van der Waals surface area (Å²) < 4.78 is 38.9. The summed E-state index contributed by atoms with van der Waals surface area (Å²) in [5, 5.41) is 0.619. The van der Waals surface area contributed by atoms with Crippen molar-refractivity contribution < 1.29 is 22.7 Å². The number of carbonyl (C=O) groups excluding carboxylic acids is 1. The number of halogens is 1. The maximum atomic E-state index is 13.6. The lowest BCUT2D eigenvalue weighted by Gasteiger charge is -2.23. The van der Waals surface area contributed by atoms with E-state index < -0.39 is 10.0 Å². The molecule has 1 aromatic heterocycles. The SMILES string of the molecule is COCCN(CCOC)S(=O)(=O)c1ccc(C(=O)N(CCN(C)C)c2nc3cc(C)c(C)cc3s2)cc1.Cl. The summed E-state index contributed by atoms with van der Waals surface area (Å²) in [5.74, 6) is -0.228. The Labute approximate surface area is 235 Å². The number of hydrogen-bond donors (Lipinski definition) is 0. The Morgan fingerprint density at radius 2 is 1.50 bits per heavy atom. The number of thiazole rings is 1. The zero-order chi connectivity index (χ0) is 27.2. The molecule has 3 rings (SSSR count). The number of amides is 1. The van der Waals surface area contributed by atoms with Gasteiger partial charge in [0.2, 0.25) is 10.0 Å². The fourth-order valence-corrected chi connectivity index (χ4v) is 6.16. The molecule has 0 saturated carbocycles. The third kappa shape index (κ3) is 7.72. The summed E-state index contributed by atoms with van der Waals surface area (Å²) in [6, 6.07) is 10.2. The molecule has 0 saturated heterocycles. The third-order valence-corrected chi connectivity index (χ3v) is 9.02. The van der Waals surface area contributed by atoms with Crippen LogP contribution in [0.15, 0.2) is 41.3 Å². The standard InChI is InChI=1S/C26H36N4O5S2.ClH/c1-19-17-23-24(18-20(19)2)36-26(27-23)30(12-11-28(3)4)25(31)21-7-9-22(10-8-21)37(32,33)29(13-15-34-5)14-16-35-6;/h7-10,17-18H,11-16H2,1-6H3;1H. The van der Waals surface area contributed by atoms with Crippen molar-refractivity contribution >= 4 is 55.0 Å². The number of anilines is 1. The molecule has 0 spiro atoms. The van der Waals surface area contributed by atoms with E-state index in [2.05, 4.69) is 13.0 Å². The molecule has 0 bridgehead atoms. The second-order valence-corrected chi connectivity index (χ2v) is 12.0. The number of hydrogen-bond acceptors (Lipinski definition) is 8. The van der Waals surface area contributed by atoms with E-state index in [1.165, 1.54) is 47.6 Å². The summed E-state index contributed by atoms with van der Waals surface area (Å²) in [6.07, 6.45) is 0. The van der Waals surface area contributed by atoms with Crippen molar-refractivity contribution in [1.82, 2.24) is 14.2 Å². The van der Waals surface area contributed by atoms with Crippen LogP contribution in [0, 0.1) is 13.8 Å². The maximum absolute atomic E-state index is 13.6. The van der Waals surface area contributed by atoms with Crippen LogP contribution in [0.3, 0.4) is 0 Å². The normalized spacial score (nSPS) is 11.8. The summed E-state index contributed by atoms with van der Waals surface area (Å²) in [5.41, 5.74) is 3.58. The average molecular weight is 585 g/mol. The quantitative estimate of drug-likeness (QED) is 0.301. The largest absolute Gasteiger partial charge is 0.383 e. The highest BCUT2D eigenvalue weighted by molar-refractivity contribution is 7.89. The molecular weight excluding hydrogens is 548 g/mol. The average Bonchev–Trinajstić information content (AvgIpc) is 3.26. The summed E-state index contributed by atoms with van der Waals surface area (Å²) in [6.45, 7) is 6.15. The lowest BCUT2D eigenvalue weighted by atomic mass is 10.1. The Bertz CT molecular complexity index is 1270. The van der Waals surface area contributed by atoms with E-state index in [0.29, 0.717) is 23.8 Å². The first-order valence-electron chi connectivity index (χ1n) is 12.0. The van der Waals surface area contributed by atoms with Crippen LogP contribution in [0.4, 0.5) is 5.13 Å². The predicted octanol–water partition coefficient (Wildman–Crippen LogP) is 3.83. The van der Waals surface area contributed by atoms with Gasteiger partial charge in [-0.2, -0.15) is 4.31 Å². The molecule has 0 unspecified atom stereocenters. The van der Waals surface area contributed by atoms with Crippen molar-refractivity contribution in [2.24, 2.45) is 0 Å². The Morgan fingerprint density at radius 1 is 0.921 bits per heavy atom. The van der Waals surface area contributed by atoms with Crippen LogP contribution in [-0.4, -0.2) is 96.2 Å². The van der Waals surface area contributed by atoms with Gasteiger partial charge < -0.3 is 14.4 Å². The first-order valence-corrected chi connectivity index (χ1v) is 14.3. The van der Waals surface area contributed by atoms with Crippen molar-refractivity contribution in [3.8, 4) is 0 Å². The molecule has 38 heavy (non-hydrogen) atoms. The molecule has 0 aliphatic rings. The number of likely N-dealkylation sites (N-methyl/N-ethyl adjacent to an activating group) is 1. The number of rotatable bonds is 13. The minimum absolute atomic E-state index is 0. The van der Waals surface area contributed by atoms with Gasteiger partial charge >= 0.3 is 0 Å². The minimum Gasteiger partial charge on any atom is -0.383 e. The predicted molar refractivity (Wildman–Crippen MR) is 156 cm³/mol. The van der Waals surface area contributed by atoms with Gasteiger partial charge in [0, 0.05) is 46.0 Å². The summed E-state index contributed by atoms with van der Waals surface area (Å²) in [4.78, 5) is 22.2. The molecule has 0 fully saturated rings. The Kier molecular flexibility index (Phi) is 12.1. The van der Waals surface area contributed by atoms with Crippen LogP contribution in [0.1, 0.15) is 21.5 Å². The summed E-state index contributed by atoms with van der Waals surface area (Å²) >= 11 is 1.48. The zero-order valence-electron chi connectivity index (χ0n) is 22.8. The van der Waals surface area contributed by atoms with Crippen molar-refractivity contribution in [2.75, 3.05) is 72.6 Å². The maximum Gasteiger partial charge on any atom is 0.260 e. The molecule has 3 aromatic rings. The monoisotopic (exact) mass is 584 g/mol. The number of sulfonamides is 1. The van der Waals surface area contributed by atoms with Gasteiger partial charge in [0.25, 0.3) is 5.91 Å². The van der Waals surface area contributed by atoms with Gasteiger partial charge in [0.15, 0.2) is 5.13 Å². The van der Waals surface area contributed by atoms with Gasteiger partial charge in [-0.25, -0.2) is 13.4 Å². The highest BCUT2D eigenvalue weighted by Gasteiger charge is 2.26. The molecule has 1 heterocycles. The molecule has 2 aromatic carbocycles. The molecule has 0 radical (unpaired) electrons. The van der Waals surface area contributed by atoms with Gasteiger partial charge in [-0.3, -0.25) is 9.69 Å². The van der Waals surface area contributed by atoms with E-state index in [1.54, 1.807) is 17.0 Å². The molecule has 1 amide bonds. The number of carbonyl (C=O) groups is 1. The number of methoxy groups -OCH3 is 2. The van der Waals surface area contributed by atoms with E-state index in [9.17, 15) is 13.2 Å². The van der Waals surface area contributed by atoms with Crippen LogP contribution in [0.25, 0.3) is 10.2 Å². The van der Waals surface area contributed by atoms with Gasteiger partial charge in [-0.1, -0.05) is 11.3 Å². The lowest BCUT2D eigenvalue weighted by Crippen LogP contribution is -2.37. The highest BCUT2D eigenvalue weighted by Crippen LogP contribution is 2.31. The minimum atomic E-state index is -3.78. The first-order chi connectivity index (χ1) is 17.6. The van der Waals surface area contributed by atoms with E-state index in [-0.39, 0.29) is 49.5 Å². The van der Waals surface area contributed by atoms with Crippen LogP contribution in [0.2, 0.25) is 0 Å². The van der Waals surface area contributed by atoms with Crippen molar-refractivity contribution in [2.45, 2.75) is 18.7 Å². The highest BCUT2D eigenvalue weighted by atomic mass is 35.5. The Morgan fingerprint density at radius 3 is 2.05 bits per heavy atom. The van der Waals surface area contributed by atoms with Crippen molar-refractivity contribution in [3.05, 3.63) is 53.1 Å². The Balaban J connectivity index is 0.00000507. The van der Waals surface area contributed by atoms with Gasteiger partial charge in [0.05, 0.1) is 28.3 Å². The fraction of sp³-hybridized carbons (Fsp3) is 0.462. The van der Waals surface area contributed by atoms with E-state index in [0.717, 1.165) is 15.8 Å². The molecule has 0 aliphatic carbocycles. The van der Waals surface area contributed by atoms with E-state index >= 15 is 0 Å². The molecule has 12 heteroatoms. The second-order valence-electron chi connectivity index (χ2n) is 9.07. The van der Waals surface area contributed by atoms with Gasteiger partial charge in [0.1, 0.15) is 0 Å². The van der Waals surface area contributed by atoms with E-state index in [1.807, 2.05) is 32.0 Å². The number of benzene rings is 2. The molecule has 0 N–H and O–H groups in total. The van der Waals surface area contributed by atoms with Crippen LogP contribution in [0.5, 0.6) is 0 Å². The number of aromatic nitrogens is 1. The molecule has 0 atom stereocenters. The van der Waals surface area contributed by atoms with Crippen molar-refractivity contribution in [3.63, 3.8) is 0 Å². The van der Waals surface area contributed by atoms with Crippen LogP contribution < -0.4 is 4.90 Å². The smallest absolute Gasteiger partial charge is 0.260 e. The molecule has 9 nitrogen and oxygen atoms in total. The second kappa shape index (κ2) is 14.3. The zero-order valence-corrected chi connectivity index (χ0v) is 25.2. The van der Waals surface area contributed by atoms with Gasteiger partial charge in [-0.15, -0.1) is 12.4 Å².